The molecule has 0 aliphatic carbocycles. The van der Waals surface area contributed by atoms with Crippen LogP contribution in [0.15, 0.2) is 6.20 Å². The third-order valence-corrected chi connectivity index (χ3v) is 2.97. The summed E-state index contributed by atoms with van der Waals surface area (Å²) in [6.07, 6.45) is 6.03. The maximum Gasteiger partial charge on any atom is 0.0827 e. The Kier molecular flexibility index (Phi) is 5.58. The molecule has 98 valence electrons. The van der Waals surface area contributed by atoms with E-state index < -0.39 is 0 Å². The van der Waals surface area contributed by atoms with Gasteiger partial charge in [-0.25, -0.2) is 0 Å². The normalized spacial score (nSPS) is 12.0. The van der Waals surface area contributed by atoms with E-state index in [9.17, 15) is 0 Å². The van der Waals surface area contributed by atoms with E-state index in [4.69, 9.17) is 10.5 Å². The zero-order chi connectivity index (χ0) is 12.7. The molecule has 0 amide bonds. The second kappa shape index (κ2) is 6.71. The molecule has 0 saturated heterocycles. The Morgan fingerprint density at radius 2 is 2.18 bits per heavy atom. The van der Waals surface area contributed by atoms with Crippen molar-refractivity contribution in [3.8, 4) is 0 Å². The predicted molar refractivity (Wildman–Crippen MR) is 67.7 cm³/mol. The van der Waals surface area contributed by atoms with Crippen LogP contribution in [0.25, 0.3) is 0 Å². The van der Waals surface area contributed by atoms with Gasteiger partial charge in [0.2, 0.25) is 0 Å². The molecule has 5 heteroatoms. The summed E-state index contributed by atoms with van der Waals surface area (Å²) in [5.41, 5.74) is 6.40. The summed E-state index contributed by atoms with van der Waals surface area (Å²) in [5.74, 6) is 0. The molecule has 1 rings (SSSR count). The molecule has 1 heterocycles. The van der Waals surface area contributed by atoms with Crippen LogP contribution in [0, 0.1) is 0 Å². The zero-order valence-corrected chi connectivity index (χ0v) is 11.1. The summed E-state index contributed by atoms with van der Waals surface area (Å²) in [7, 11) is 1.74. The first kappa shape index (κ1) is 14.1. The predicted octanol–water partition coefficient (Wildman–Crippen LogP) is 1.37. The number of aromatic nitrogens is 3. The smallest absolute Gasteiger partial charge is 0.0827 e. The van der Waals surface area contributed by atoms with Crippen LogP contribution in [0.4, 0.5) is 0 Å². The van der Waals surface area contributed by atoms with Gasteiger partial charge in [-0.15, -0.1) is 5.10 Å². The Labute approximate surface area is 103 Å². The fourth-order valence-corrected chi connectivity index (χ4v) is 1.50. The molecule has 0 bridgehead atoms. The van der Waals surface area contributed by atoms with Crippen molar-refractivity contribution in [2.24, 2.45) is 5.73 Å². The van der Waals surface area contributed by atoms with Crippen molar-refractivity contribution < 1.29 is 4.74 Å². The molecule has 2 N–H and O–H groups in total. The number of rotatable bonds is 8. The average Bonchev–Trinajstić information content (AvgIpc) is 2.75. The van der Waals surface area contributed by atoms with Gasteiger partial charge in [0.1, 0.15) is 0 Å². The van der Waals surface area contributed by atoms with Gasteiger partial charge in [-0.2, -0.15) is 0 Å². The summed E-state index contributed by atoms with van der Waals surface area (Å²) in [4.78, 5) is 0. The molecule has 0 atom stereocenters. The van der Waals surface area contributed by atoms with Gasteiger partial charge in [0, 0.05) is 19.9 Å². The first-order valence-electron chi connectivity index (χ1n) is 6.21. The molecule has 17 heavy (non-hydrogen) atoms. The van der Waals surface area contributed by atoms with E-state index in [2.05, 4.69) is 24.2 Å². The van der Waals surface area contributed by atoms with Crippen molar-refractivity contribution in [2.45, 2.75) is 51.7 Å². The SMILES string of the molecule is COC(C)(C)CCn1cc(CCCCN)nn1. The Hall–Kier alpha value is -0.940. The zero-order valence-electron chi connectivity index (χ0n) is 11.1. The fraction of sp³-hybridized carbons (Fsp3) is 0.833. The molecule has 5 nitrogen and oxygen atoms in total. The molecular formula is C12H24N4O. The molecule has 0 spiro atoms. The highest BCUT2D eigenvalue weighted by Gasteiger charge is 2.16. The molecule has 1 aromatic heterocycles. The van der Waals surface area contributed by atoms with Crippen LogP contribution in [0.5, 0.6) is 0 Å². The Morgan fingerprint density at radius 1 is 1.41 bits per heavy atom. The molecular weight excluding hydrogens is 216 g/mol. The summed E-state index contributed by atoms with van der Waals surface area (Å²) < 4.78 is 7.26. The molecule has 0 unspecified atom stereocenters. The largest absolute Gasteiger partial charge is 0.379 e. The first-order chi connectivity index (χ1) is 8.07. The van der Waals surface area contributed by atoms with Crippen LogP contribution < -0.4 is 5.73 Å². The number of nitrogens with zero attached hydrogens (tertiary/aromatic N) is 3. The molecule has 0 aromatic carbocycles. The standard InChI is InChI=1S/C12H24N4O/c1-12(2,17-3)7-9-16-10-11(14-15-16)6-4-5-8-13/h10H,4-9,13H2,1-3H3. The van der Waals surface area contributed by atoms with E-state index in [0.29, 0.717) is 0 Å². The minimum atomic E-state index is -0.105. The number of hydrogen-bond donors (Lipinski definition) is 1. The van der Waals surface area contributed by atoms with Crippen LogP contribution in [0.1, 0.15) is 38.8 Å². The highest BCUT2D eigenvalue weighted by molar-refractivity contribution is 4.92. The van der Waals surface area contributed by atoms with E-state index in [1.165, 1.54) is 0 Å². The molecule has 0 fully saturated rings. The summed E-state index contributed by atoms with van der Waals surface area (Å²) in [6.45, 7) is 5.74. The Bertz CT molecular complexity index is 322. The third kappa shape index (κ3) is 5.28. The number of unbranched alkanes of at least 4 members (excludes halogenated alkanes) is 1. The lowest BCUT2D eigenvalue weighted by atomic mass is 10.1. The van der Waals surface area contributed by atoms with E-state index in [1.807, 2.05) is 10.9 Å². The molecule has 0 aliphatic rings. The third-order valence-electron chi connectivity index (χ3n) is 2.97. The van der Waals surface area contributed by atoms with Crippen LogP contribution >= 0.6 is 0 Å². The van der Waals surface area contributed by atoms with Crippen LogP contribution in [-0.2, 0) is 17.7 Å². The maximum atomic E-state index is 5.45. The van der Waals surface area contributed by atoms with E-state index in [-0.39, 0.29) is 5.60 Å². The number of aryl methyl sites for hydroxylation is 2. The van der Waals surface area contributed by atoms with Gasteiger partial charge in [-0.05, 0) is 46.1 Å². The van der Waals surface area contributed by atoms with E-state index >= 15 is 0 Å². The summed E-state index contributed by atoms with van der Waals surface area (Å²) in [6, 6.07) is 0. The number of nitrogens with two attached hydrogens (primary N) is 1. The topological polar surface area (TPSA) is 66.0 Å². The van der Waals surface area contributed by atoms with E-state index in [1.54, 1.807) is 7.11 Å². The van der Waals surface area contributed by atoms with Crippen molar-refractivity contribution in [2.75, 3.05) is 13.7 Å². The van der Waals surface area contributed by atoms with Crippen molar-refractivity contribution in [1.82, 2.24) is 15.0 Å². The molecule has 0 radical (unpaired) electrons. The van der Waals surface area contributed by atoms with Gasteiger partial charge >= 0.3 is 0 Å². The van der Waals surface area contributed by atoms with Gasteiger partial charge in [-0.1, -0.05) is 5.21 Å². The lowest BCUT2D eigenvalue weighted by molar-refractivity contribution is 0.0112. The number of ether oxygens (including phenoxy) is 1. The highest BCUT2D eigenvalue weighted by atomic mass is 16.5. The van der Waals surface area contributed by atoms with E-state index in [0.717, 1.165) is 44.5 Å². The Morgan fingerprint density at radius 3 is 2.82 bits per heavy atom. The van der Waals surface area contributed by atoms with Crippen LogP contribution in [0.3, 0.4) is 0 Å². The highest BCUT2D eigenvalue weighted by Crippen LogP contribution is 2.13. The van der Waals surface area contributed by atoms with Crippen molar-refractivity contribution in [3.05, 3.63) is 11.9 Å². The maximum absolute atomic E-state index is 5.45. The van der Waals surface area contributed by atoms with Gasteiger partial charge in [0.25, 0.3) is 0 Å². The van der Waals surface area contributed by atoms with Gasteiger partial charge < -0.3 is 10.5 Å². The lowest BCUT2D eigenvalue weighted by Crippen LogP contribution is -2.24. The van der Waals surface area contributed by atoms with Crippen molar-refractivity contribution in [1.29, 1.82) is 0 Å². The summed E-state index contributed by atoms with van der Waals surface area (Å²) >= 11 is 0. The minimum absolute atomic E-state index is 0.105. The first-order valence-corrected chi connectivity index (χ1v) is 6.21. The summed E-state index contributed by atoms with van der Waals surface area (Å²) in [5, 5.41) is 8.26. The van der Waals surface area contributed by atoms with Gasteiger partial charge in [0.05, 0.1) is 11.3 Å². The lowest BCUT2D eigenvalue weighted by Gasteiger charge is -2.22. The number of methoxy groups -OCH3 is 1. The van der Waals surface area contributed by atoms with Crippen LogP contribution in [0.2, 0.25) is 0 Å². The van der Waals surface area contributed by atoms with Gasteiger partial charge in [0.15, 0.2) is 0 Å². The molecule has 0 aliphatic heterocycles. The van der Waals surface area contributed by atoms with Crippen LogP contribution in [-0.4, -0.2) is 34.2 Å². The Balaban J connectivity index is 2.35. The second-order valence-electron chi connectivity index (χ2n) is 4.93. The molecule has 1 aromatic rings. The molecule has 0 saturated carbocycles. The van der Waals surface area contributed by atoms with Crippen molar-refractivity contribution in [3.63, 3.8) is 0 Å². The van der Waals surface area contributed by atoms with Crippen molar-refractivity contribution >= 4 is 0 Å². The second-order valence-corrected chi connectivity index (χ2v) is 4.93. The average molecular weight is 240 g/mol. The quantitative estimate of drug-likeness (QED) is 0.697. The monoisotopic (exact) mass is 240 g/mol. The van der Waals surface area contributed by atoms with Gasteiger partial charge in [-0.3, -0.25) is 4.68 Å². The number of hydrogen-bond acceptors (Lipinski definition) is 4. The fourth-order valence-electron chi connectivity index (χ4n) is 1.50. The minimum Gasteiger partial charge on any atom is -0.379 e.